The number of nitrogens with one attached hydrogen (secondary N) is 1. The van der Waals surface area contributed by atoms with E-state index in [1.165, 1.54) is 11.3 Å². The van der Waals surface area contributed by atoms with Crippen LogP contribution in [-0.4, -0.2) is 39.6 Å². The number of nitrogens with zero attached hydrogens (tertiary/aromatic N) is 4. The minimum Gasteiger partial charge on any atom is -0.497 e. The standard InChI is InChI=1S/C23H27N5O2S/c1-3-21-26-27-23(31-21)25-20-8-4-6-18(24-20)19-7-5-15-28(19)22(29)14-11-16-9-12-17(30-2)13-10-16/h4,6,8-10,12-13,19H,3,5,7,11,14-15H2,1-2H3,(H,24,25,27)/t19-/m1/s1. The highest BCUT2D eigenvalue weighted by Gasteiger charge is 2.30. The molecule has 0 saturated carbocycles. The van der Waals surface area contributed by atoms with Crippen LogP contribution in [0.4, 0.5) is 10.9 Å². The fourth-order valence-corrected chi connectivity index (χ4v) is 4.51. The molecule has 1 saturated heterocycles. The fraction of sp³-hybridized carbons (Fsp3) is 0.391. The summed E-state index contributed by atoms with van der Waals surface area (Å²) in [6, 6.07) is 13.8. The molecule has 31 heavy (non-hydrogen) atoms. The first-order chi connectivity index (χ1) is 15.2. The average molecular weight is 438 g/mol. The zero-order valence-electron chi connectivity index (χ0n) is 17.9. The zero-order chi connectivity index (χ0) is 21.6. The van der Waals surface area contributed by atoms with E-state index < -0.39 is 0 Å². The van der Waals surface area contributed by atoms with Gasteiger partial charge in [-0.25, -0.2) is 4.98 Å². The Hall–Kier alpha value is -3.00. The van der Waals surface area contributed by atoms with E-state index in [0.29, 0.717) is 6.42 Å². The van der Waals surface area contributed by atoms with Crippen molar-refractivity contribution in [2.24, 2.45) is 0 Å². The Morgan fingerprint density at radius 1 is 1.23 bits per heavy atom. The van der Waals surface area contributed by atoms with Crippen LogP contribution in [0.15, 0.2) is 42.5 Å². The first-order valence-electron chi connectivity index (χ1n) is 10.6. The fourth-order valence-electron chi connectivity index (χ4n) is 3.82. The van der Waals surface area contributed by atoms with E-state index in [0.717, 1.165) is 65.2 Å². The number of hydrogen-bond donors (Lipinski definition) is 1. The van der Waals surface area contributed by atoms with Gasteiger partial charge in [0.05, 0.1) is 18.8 Å². The average Bonchev–Trinajstić information content (AvgIpc) is 3.48. The van der Waals surface area contributed by atoms with Crippen LogP contribution in [0.2, 0.25) is 0 Å². The Morgan fingerprint density at radius 2 is 2.06 bits per heavy atom. The summed E-state index contributed by atoms with van der Waals surface area (Å²) in [5.41, 5.74) is 2.05. The predicted octanol–water partition coefficient (Wildman–Crippen LogP) is 4.54. The van der Waals surface area contributed by atoms with E-state index in [4.69, 9.17) is 9.72 Å². The molecule has 0 aliphatic carbocycles. The number of pyridine rings is 1. The SMILES string of the molecule is CCc1nnc(Nc2cccc([C@H]3CCCN3C(=O)CCc3ccc(OC)cc3)n2)s1. The van der Waals surface area contributed by atoms with Gasteiger partial charge < -0.3 is 15.0 Å². The topological polar surface area (TPSA) is 80.2 Å². The lowest BCUT2D eigenvalue weighted by molar-refractivity contribution is -0.132. The van der Waals surface area contributed by atoms with Crippen molar-refractivity contribution in [2.45, 2.75) is 45.1 Å². The number of hydrogen-bond acceptors (Lipinski definition) is 7. The molecule has 0 radical (unpaired) electrons. The van der Waals surface area contributed by atoms with E-state index in [1.54, 1.807) is 7.11 Å². The molecule has 0 spiro atoms. The van der Waals surface area contributed by atoms with Gasteiger partial charge in [-0.05, 0) is 55.5 Å². The van der Waals surface area contributed by atoms with Crippen LogP contribution >= 0.6 is 11.3 Å². The highest BCUT2D eigenvalue weighted by atomic mass is 32.1. The summed E-state index contributed by atoms with van der Waals surface area (Å²) >= 11 is 1.53. The van der Waals surface area contributed by atoms with Crippen LogP contribution in [-0.2, 0) is 17.6 Å². The summed E-state index contributed by atoms with van der Waals surface area (Å²) in [6.07, 6.45) is 4.00. The molecule has 1 amide bonds. The third-order valence-electron chi connectivity index (χ3n) is 5.48. The van der Waals surface area contributed by atoms with Gasteiger partial charge in [0.25, 0.3) is 0 Å². The van der Waals surface area contributed by atoms with Crippen LogP contribution < -0.4 is 10.1 Å². The number of ether oxygens (including phenoxy) is 1. The van der Waals surface area contributed by atoms with Crippen molar-refractivity contribution in [3.05, 3.63) is 58.7 Å². The van der Waals surface area contributed by atoms with Crippen molar-refractivity contribution < 1.29 is 9.53 Å². The number of amides is 1. The van der Waals surface area contributed by atoms with E-state index >= 15 is 0 Å². The second kappa shape index (κ2) is 9.87. The lowest BCUT2D eigenvalue weighted by Gasteiger charge is -2.25. The number of carbonyl (C=O) groups is 1. The molecule has 1 atom stereocenters. The van der Waals surface area contributed by atoms with Gasteiger partial charge in [-0.1, -0.05) is 36.5 Å². The Balaban J connectivity index is 1.40. The number of carbonyl (C=O) groups excluding carboxylic acids is 1. The van der Waals surface area contributed by atoms with Crippen molar-refractivity contribution in [2.75, 3.05) is 19.0 Å². The monoisotopic (exact) mass is 437 g/mol. The molecule has 1 aliphatic heterocycles. The molecule has 1 aromatic carbocycles. The van der Waals surface area contributed by atoms with Crippen LogP contribution in [0.5, 0.6) is 5.75 Å². The number of rotatable bonds is 8. The van der Waals surface area contributed by atoms with Crippen molar-refractivity contribution in [3.63, 3.8) is 0 Å². The lowest BCUT2D eigenvalue weighted by atomic mass is 10.1. The highest BCUT2D eigenvalue weighted by molar-refractivity contribution is 7.15. The first-order valence-corrected chi connectivity index (χ1v) is 11.5. The Labute approximate surface area is 186 Å². The summed E-state index contributed by atoms with van der Waals surface area (Å²) in [6.45, 7) is 2.84. The molecule has 8 heteroatoms. The molecule has 1 N–H and O–H groups in total. The molecule has 3 heterocycles. The van der Waals surface area contributed by atoms with Gasteiger partial charge in [0.2, 0.25) is 11.0 Å². The van der Waals surface area contributed by atoms with Crippen molar-refractivity contribution in [3.8, 4) is 5.75 Å². The maximum absolute atomic E-state index is 13.0. The molecule has 3 aromatic rings. The molecule has 2 aromatic heterocycles. The van der Waals surface area contributed by atoms with Crippen LogP contribution in [0.1, 0.15) is 48.5 Å². The molecule has 0 bridgehead atoms. The third-order valence-corrected chi connectivity index (χ3v) is 6.46. The van der Waals surface area contributed by atoms with E-state index in [9.17, 15) is 4.79 Å². The molecule has 1 fully saturated rings. The number of anilines is 2. The Morgan fingerprint density at radius 3 is 2.81 bits per heavy atom. The van der Waals surface area contributed by atoms with Gasteiger partial charge in [0, 0.05) is 13.0 Å². The van der Waals surface area contributed by atoms with Crippen molar-refractivity contribution in [1.82, 2.24) is 20.1 Å². The molecular formula is C23H27N5O2S. The molecule has 4 rings (SSSR count). The Bertz CT molecular complexity index is 1020. The summed E-state index contributed by atoms with van der Waals surface area (Å²) in [4.78, 5) is 19.7. The zero-order valence-corrected chi connectivity index (χ0v) is 18.7. The molecular weight excluding hydrogens is 410 g/mol. The van der Waals surface area contributed by atoms with Gasteiger partial charge in [0.1, 0.15) is 16.6 Å². The number of aromatic nitrogens is 3. The van der Waals surface area contributed by atoms with E-state index in [1.807, 2.05) is 47.4 Å². The maximum atomic E-state index is 13.0. The van der Waals surface area contributed by atoms with Gasteiger partial charge >= 0.3 is 0 Å². The second-order valence-corrected chi connectivity index (χ2v) is 8.58. The van der Waals surface area contributed by atoms with Crippen LogP contribution in [0, 0.1) is 0 Å². The number of methoxy groups -OCH3 is 1. The number of likely N-dealkylation sites (tertiary alicyclic amines) is 1. The summed E-state index contributed by atoms with van der Waals surface area (Å²) < 4.78 is 5.20. The van der Waals surface area contributed by atoms with Gasteiger partial charge in [-0.15, -0.1) is 10.2 Å². The maximum Gasteiger partial charge on any atom is 0.223 e. The molecule has 1 aliphatic rings. The normalized spacial score (nSPS) is 15.8. The van der Waals surface area contributed by atoms with Crippen molar-refractivity contribution in [1.29, 1.82) is 0 Å². The lowest BCUT2D eigenvalue weighted by Crippen LogP contribution is -2.31. The minimum absolute atomic E-state index is 0.0192. The van der Waals surface area contributed by atoms with Crippen molar-refractivity contribution >= 4 is 28.2 Å². The Kier molecular flexibility index (Phi) is 6.76. The highest BCUT2D eigenvalue weighted by Crippen LogP contribution is 2.32. The minimum atomic E-state index is 0.0192. The smallest absolute Gasteiger partial charge is 0.223 e. The first kappa shape index (κ1) is 21.2. The van der Waals surface area contributed by atoms with Crippen LogP contribution in [0.25, 0.3) is 0 Å². The number of aryl methyl sites for hydroxylation is 2. The van der Waals surface area contributed by atoms with Crippen LogP contribution in [0.3, 0.4) is 0 Å². The second-order valence-electron chi connectivity index (χ2n) is 7.52. The predicted molar refractivity (Wildman–Crippen MR) is 122 cm³/mol. The number of benzene rings is 1. The van der Waals surface area contributed by atoms with E-state index in [2.05, 4.69) is 22.4 Å². The molecule has 0 unspecified atom stereocenters. The van der Waals surface area contributed by atoms with Gasteiger partial charge in [-0.2, -0.15) is 0 Å². The third kappa shape index (κ3) is 5.19. The summed E-state index contributed by atoms with van der Waals surface area (Å²) in [5.74, 6) is 1.73. The molecule has 7 nitrogen and oxygen atoms in total. The molecule has 162 valence electrons. The van der Waals surface area contributed by atoms with Gasteiger partial charge in [-0.3, -0.25) is 4.79 Å². The van der Waals surface area contributed by atoms with E-state index in [-0.39, 0.29) is 11.9 Å². The summed E-state index contributed by atoms with van der Waals surface area (Å²) in [5, 5.41) is 13.3. The summed E-state index contributed by atoms with van der Waals surface area (Å²) in [7, 11) is 1.65. The van der Waals surface area contributed by atoms with Gasteiger partial charge in [0.15, 0.2) is 0 Å². The largest absolute Gasteiger partial charge is 0.497 e. The quantitative estimate of drug-likeness (QED) is 0.557.